The standard InChI is InChI=1S/C17H24BrN3/c1-4-11-21-17(15(18)12-20-21)16(19-6-3)14-10-8-7-9-13(14)5-2/h7-10,12,16,19H,4-6,11H2,1-3H3. The van der Waals surface area contributed by atoms with Crippen LogP contribution in [0.15, 0.2) is 34.9 Å². The zero-order valence-electron chi connectivity index (χ0n) is 13.1. The topological polar surface area (TPSA) is 29.9 Å². The highest BCUT2D eigenvalue weighted by molar-refractivity contribution is 9.10. The zero-order valence-corrected chi connectivity index (χ0v) is 14.7. The van der Waals surface area contributed by atoms with E-state index in [9.17, 15) is 0 Å². The molecule has 0 aliphatic rings. The molecule has 1 aromatic heterocycles. The summed E-state index contributed by atoms with van der Waals surface area (Å²) in [5.41, 5.74) is 3.96. The first kappa shape index (κ1) is 16.2. The quantitative estimate of drug-likeness (QED) is 0.806. The second kappa shape index (κ2) is 7.76. The lowest BCUT2D eigenvalue weighted by Crippen LogP contribution is -2.26. The van der Waals surface area contributed by atoms with E-state index in [-0.39, 0.29) is 6.04 Å². The van der Waals surface area contributed by atoms with Crippen LogP contribution in [-0.4, -0.2) is 16.3 Å². The normalized spacial score (nSPS) is 12.6. The monoisotopic (exact) mass is 349 g/mol. The Hall–Kier alpha value is -1.13. The van der Waals surface area contributed by atoms with E-state index in [2.05, 4.69) is 76.1 Å². The summed E-state index contributed by atoms with van der Waals surface area (Å²) in [5.74, 6) is 0. The minimum absolute atomic E-state index is 0.176. The maximum atomic E-state index is 4.52. The number of nitrogens with one attached hydrogen (secondary N) is 1. The van der Waals surface area contributed by atoms with Crippen LogP contribution in [0.4, 0.5) is 0 Å². The van der Waals surface area contributed by atoms with Crippen LogP contribution in [0.5, 0.6) is 0 Å². The number of hydrogen-bond donors (Lipinski definition) is 1. The summed E-state index contributed by atoms with van der Waals surface area (Å²) in [4.78, 5) is 0. The van der Waals surface area contributed by atoms with Crippen molar-refractivity contribution in [3.63, 3.8) is 0 Å². The Kier molecular flexibility index (Phi) is 6.00. The summed E-state index contributed by atoms with van der Waals surface area (Å²) in [7, 11) is 0. The molecule has 1 atom stereocenters. The molecule has 1 aromatic carbocycles. The molecule has 1 unspecified atom stereocenters. The maximum absolute atomic E-state index is 4.52. The molecule has 0 aliphatic heterocycles. The summed E-state index contributed by atoms with van der Waals surface area (Å²) in [5, 5.41) is 8.14. The first-order valence-electron chi connectivity index (χ1n) is 7.75. The molecule has 0 saturated heterocycles. The fourth-order valence-electron chi connectivity index (χ4n) is 2.74. The van der Waals surface area contributed by atoms with Gasteiger partial charge >= 0.3 is 0 Å². The third-order valence-corrected chi connectivity index (χ3v) is 4.31. The Morgan fingerprint density at radius 1 is 1.24 bits per heavy atom. The van der Waals surface area contributed by atoms with E-state index in [1.165, 1.54) is 16.8 Å². The van der Waals surface area contributed by atoms with Crippen molar-refractivity contribution >= 4 is 15.9 Å². The molecule has 21 heavy (non-hydrogen) atoms. The fourth-order valence-corrected chi connectivity index (χ4v) is 3.27. The van der Waals surface area contributed by atoms with Gasteiger partial charge in [-0.15, -0.1) is 0 Å². The van der Waals surface area contributed by atoms with E-state index < -0.39 is 0 Å². The molecule has 0 bridgehead atoms. The molecule has 0 amide bonds. The molecule has 3 nitrogen and oxygen atoms in total. The Morgan fingerprint density at radius 3 is 2.67 bits per heavy atom. The summed E-state index contributed by atoms with van der Waals surface area (Å²) < 4.78 is 3.19. The molecule has 0 radical (unpaired) electrons. The first-order chi connectivity index (χ1) is 10.2. The molecular weight excluding hydrogens is 326 g/mol. The lowest BCUT2D eigenvalue weighted by Gasteiger charge is -2.23. The maximum Gasteiger partial charge on any atom is 0.0762 e. The van der Waals surface area contributed by atoms with Gasteiger partial charge in [0.1, 0.15) is 0 Å². The molecule has 0 saturated carbocycles. The summed E-state index contributed by atoms with van der Waals surface area (Å²) in [6.07, 6.45) is 4.02. The number of benzene rings is 1. The highest BCUT2D eigenvalue weighted by Crippen LogP contribution is 2.31. The largest absolute Gasteiger partial charge is 0.305 e. The molecule has 0 aliphatic carbocycles. The second-order valence-corrected chi connectivity index (χ2v) is 6.00. The highest BCUT2D eigenvalue weighted by Gasteiger charge is 2.22. The van der Waals surface area contributed by atoms with E-state index in [1.807, 2.05) is 6.20 Å². The van der Waals surface area contributed by atoms with Crippen molar-refractivity contribution in [3.05, 3.63) is 51.8 Å². The average Bonchev–Trinajstić information content (AvgIpc) is 2.86. The number of rotatable bonds is 7. The number of hydrogen-bond acceptors (Lipinski definition) is 2. The zero-order chi connectivity index (χ0) is 15.2. The van der Waals surface area contributed by atoms with Gasteiger partial charge in [-0.1, -0.05) is 45.0 Å². The van der Waals surface area contributed by atoms with Crippen molar-refractivity contribution in [3.8, 4) is 0 Å². The lowest BCUT2D eigenvalue weighted by molar-refractivity contribution is 0.517. The van der Waals surface area contributed by atoms with Crippen LogP contribution in [-0.2, 0) is 13.0 Å². The number of aryl methyl sites for hydroxylation is 2. The SMILES string of the molecule is CCCn1ncc(Br)c1C(NCC)c1ccccc1CC. The van der Waals surface area contributed by atoms with Gasteiger partial charge in [0.2, 0.25) is 0 Å². The molecule has 4 heteroatoms. The predicted octanol–water partition coefficient (Wildman–Crippen LogP) is 4.32. The van der Waals surface area contributed by atoms with E-state index in [4.69, 9.17) is 0 Å². The van der Waals surface area contributed by atoms with Crippen LogP contribution in [0, 0.1) is 0 Å². The summed E-state index contributed by atoms with van der Waals surface area (Å²) in [6.45, 7) is 8.40. The minimum atomic E-state index is 0.176. The van der Waals surface area contributed by atoms with Gasteiger partial charge in [0.05, 0.1) is 22.4 Å². The second-order valence-electron chi connectivity index (χ2n) is 5.14. The third kappa shape index (κ3) is 3.55. The van der Waals surface area contributed by atoms with Crippen LogP contribution in [0.1, 0.15) is 50.1 Å². The van der Waals surface area contributed by atoms with E-state index in [0.717, 1.165) is 30.4 Å². The molecular formula is C17H24BrN3. The van der Waals surface area contributed by atoms with Gasteiger partial charge in [-0.05, 0) is 46.4 Å². The Morgan fingerprint density at radius 2 is 2.00 bits per heavy atom. The van der Waals surface area contributed by atoms with Crippen molar-refractivity contribution in [2.75, 3.05) is 6.54 Å². The molecule has 2 aromatic rings. The van der Waals surface area contributed by atoms with Crippen molar-refractivity contribution in [1.29, 1.82) is 0 Å². The van der Waals surface area contributed by atoms with Gasteiger partial charge in [0.15, 0.2) is 0 Å². The van der Waals surface area contributed by atoms with Crippen LogP contribution in [0.25, 0.3) is 0 Å². The molecule has 114 valence electrons. The smallest absolute Gasteiger partial charge is 0.0762 e. The van der Waals surface area contributed by atoms with Crippen molar-refractivity contribution in [1.82, 2.24) is 15.1 Å². The summed E-state index contributed by atoms with van der Waals surface area (Å²) >= 11 is 3.68. The van der Waals surface area contributed by atoms with Gasteiger partial charge in [0, 0.05) is 6.54 Å². The third-order valence-electron chi connectivity index (χ3n) is 3.70. The number of halogens is 1. The van der Waals surface area contributed by atoms with Crippen LogP contribution in [0.2, 0.25) is 0 Å². The minimum Gasteiger partial charge on any atom is -0.305 e. The number of aromatic nitrogens is 2. The van der Waals surface area contributed by atoms with Crippen molar-refractivity contribution in [2.24, 2.45) is 0 Å². The average molecular weight is 350 g/mol. The van der Waals surface area contributed by atoms with Gasteiger partial charge in [-0.25, -0.2) is 0 Å². The fraction of sp³-hybridized carbons (Fsp3) is 0.471. The van der Waals surface area contributed by atoms with Crippen LogP contribution < -0.4 is 5.32 Å². The molecule has 0 spiro atoms. The molecule has 0 fully saturated rings. The van der Waals surface area contributed by atoms with Crippen LogP contribution >= 0.6 is 15.9 Å². The Balaban J connectivity index is 2.51. The van der Waals surface area contributed by atoms with Gasteiger partial charge in [0.25, 0.3) is 0 Å². The number of nitrogens with zero attached hydrogens (tertiary/aromatic N) is 2. The lowest BCUT2D eigenvalue weighted by atomic mass is 9.96. The molecule has 1 heterocycles. The molecule has 2 rings (SSSR count). The predicted molar refractivity (Wildman–Crippen MR) is 91.6 cm³/mol. The van der Waals surface area contributed by atoms with Gasteiger partial charge in [-0.2, -0.15) is 5.10 Å². The Labute approximate surface area is 135 Å². The first-order valence-corrected chi connectivity index (χ1v) is 8.54. The van der Waals surface area contributed by atoms with Crippen molar-refractivity contribution in [2.45, 2.75) is 46.2 Å². The van der Waals surface area contributed by atoms with Gasteiger partial charge < -0.3 is 5.32 Å². The van der Waals surface area contributed by atoms with Crippen molar-refractivity contribution < 1.29 is 0 Å². The summed E-state index contributed by atoms with van der Waals surface area (Å²) in [6, 6.07) is 8.85. The highest BCUT2D eigenvalue weighted by atomic mass is 79.9. The van der Waals surface area contributed by atoms with E-state index in [1.54, 1.807) is 0 Å². The van der Waals surface area contributed by atoms with Gasteiger partial charge in [-0.3, -0.25) is 4.68 Å². The van der Waals surface area contributed by atoms with Crippen LogP contribution in [0.3, 0.4) is 0 Å². The Bertz CT molecular complexity index is 577. The van der Waals surface area contributed by atoms with E-state index >= 15 is 0 Å². The molecule has 1 N–H and O–H groups in total. The van der Waals surface area contributed by atoms with E-state index in [0.29, 0.717) is 0 Å².